The monoisotopic (exact) mass is 628 g/mol. The summed E-state index contributed by atoms with van der Waals surface area (Å²) in [6, 6.07) is 45.7. The van der Waals surface area contributed by atoms with E-state index in [4.69, 9.17) is 21.0 Å². The minimum atomic E-state index is -2.57. The second-order valence-corrected chi connectivity index (χ2v) is 15.6. The zero-order valence-corrected chi connectivity index (χ0v) is 26.3. The highest BCUT2D eigenvalue weighted by molar-refractivity contribution is 8.01. The number of nitrogens with zero attached hydrogens (tertiary/aromatic N) is 3. The maximum Gasteiger partial charge on any atom is 0.262 e. The third-order valence-electron chi connectivity index (χ3n) is 9.21. The molecule has 2 bridgehead atoms. The zero-order valence-electron chi connectivity index (χ0n) is 24.7. The lowest BCUT2D eigenvalue weighted by molar-refractivity contribution is 0.275. The Labute approximate surface area is 268 Å². The Morgan fingerprint density at radius 1 is 0.689 bits per heavy atom. The molecule has 0 spiro atoms. The minimum Gasteiger partial charge on any atom is -0.416 e. The van der Waals surface area contributed by atoms with Crippen molar-refractivity contribution in [3.63, 3.8) is 0 Å². The fourth-order valence-electron chi connectivity index (χ4n) is 7.31. The van der Waals surface area contributed by atoms with Gasteiger partial charge in [0, 0.05) is 37.3 Å². The quantitative estimate of drug-likeness (QED) is 0.200. The van der Waals surface area contributed by atoms with Crippen molar-refractivity contribution in [2.75, 3.05) is 18.0 Å². The highest BCUT2D eigenvalue weighted by atomic mass is 35.5. The summed E-state index contributed by atoms with van der Waals surface area (Å²) in [6.45, 7) is 2.22. The number of anilines is 1. The second-order valence-electron chi connectivity index (χ2n) is 11.9. The molecular weight excluding hydrogens is 597 g/mol. The number of piperidine rings is 1. The Hall–Kier alpha value is -4.44. The standard InChI is InChI=1S/C38H32ClN3O2P/c39-33-20-11-10-19-32(33)36-40-37(38(44-36)41-24-27-23-28(26-41)34-21-12-22-35(43)42(34)25-27)45(29-13-4-1-5-14-29,30-15-6-2-7-16-30)31-17-8-3-9-18-31/h1-22,27-28H,23-26H2/q+1/t27-,28-/m0/s1. The number of hydrogen-bond acceptors (Lipinski definition) is 4. The topological polar surface area (TPSA) is 51.3 Å². The first kappa shape index (κ1) is 28.1. The van der Waals surface area contributed by atoms with E-state index in [1.165, 1.54) is 15.9 Å². The Morgan fingerprint density at radius 3 is 1.91 bits per heavy atom. The molecule has 8 rings (SSSR count). The number of aromatic nitrogens is 2. The van der Waals surface area contributed by atoms with E-state index in [1.807, 2.05) is 34.9 Å². The summed E-state index contributed by atoms with van der Waals surface area (Å²) in [7, 11) is -2.57. The van der Waals surface area contributed by atoms with Gasteiger partial charge in [0.2, 0.25) is 5.89 Å². The Kier molecular flexibility index (Phi) is 7.16. The predicted molar refractivity (Wildman–Crippen MR) is 185 cm³/mol. The molecule has 0 N–H and O–H groups in total. The lowest BCUT2D eigenvalue weighted by Gasteiger charge is -2.42. The number of fused-ring (bicyclic) bond motifs is 4. The van der Waals surface area contributed by atoms with Crippen molar-refractivity contribution in [2.24, 2.45) is 5.92 Å². The Balaban J connectivity index is 1.41. The summed E-state index contributed by atoms with van der Waals surface area (Å²) < 4.78 is 8.93. The molecule has 2 aromatic heterocycles. The molecule has 6 aromatic rings. The summed E-state index contributed by atoms with van der Waals surface area (Å²) >= 11 is 6.78. The van der Waals surface area contributed by atoms with Crippen molar-refractivity contribution in [2.45, 2.75) is 18.9 Å². The highest BCUT2D eigenvalue weighted by Crippen LogP contribution is 2.57. The van der Waals surface area contributed by atoms with E-state index in [9.17, 15) is 4.79 Å². The van der Waals surface area contributed by atoms with E-state index in [1.54, 1.807) is 6.07 Å². The van der Waals surface area contributed by atoms with Crippen LogP contribution < -0.4 is 31.8 Å². The van der Waals surface area contributed by atoms with Crippen LogP contribution in [0.1, 0.15) is 18.0 Å². The van der Waals surface area contributed by atoms with Crippen LogP contribution in [0.5, 0.6) is 0 Å². The van der Waals surface area contributed by atoms with E-state index < -0.39 is 7.26 Å². The number of halogens is 1. The normalized spacial score (nSPS) is 17.6. The summed E-state index contributed by atoms with van der Waals surface area (Å²) in [5.41, 5.74) is 2.89. The smallest absolute Gasteiger partial charge is 0.262 e. The van der Waals surface area contributed by atoms with Crippen molar-refractivity contribution < 1.29 is 4.42 Å². The average molecular weight is 629 g/mol. The lowest BCUT2D eigenvalue weighted by atomic mass is 9.83. The van der Waals surface area contributed by atoms with Gasteiger partial charge in [0.25, 0.3) is 16.9 Å². The molecule has 2 aliphatic rings. The van der Waals surface area contributed by atoms with Gasteiger partial charge in [0.15, 0.2) is 7.26 Å². The van der Waals surface area contributed by atoms with Crippen LogP contribution >= 0.6 is 18.9 Å². The first-order chi connectivity index (χ1) is 22.1. The first-order valence-corrected chi connectivity index (χ1v) is 17.6. The first-order valence-electron chi connectivity index (χ1n) is 15.4. The van der Waals surface area contributed by atoms with E-state index in [0.717, 1.165) is 42.1 Å². The van der Waals surface area contributed by atoms with Crippen molar-refractivity contribution in [3.05, 3.63) is 155 Å². The van der Waals surface area contributed by atoms with Gasteiger partial charge in [-0.05, 0) is 66.9 Å². The molecule has 222 valence electrons. The van der Waals surface area contributed by atoms with Gasteiger partial charge in [0.05, 0.1) is 10.6 Å². The molecule has 1 fully saturated rings. The van der Waals surface area contributed by atoms with E-state index in [2.05, 4.69) is 102 Å². The number of benzene rings is 4. The molecule has 0 amide bonds. The van der Waals surface area contributed by atoms with Gasteiger partial charge in [-0.3, -0.25) is 4.79 Å². The number of pyridine rings is 1. The maximum atomic E-state index is 12.8. The van der Waals surface area contributed by atoms with Gasteiger partial charge < -0.3 is 13.9 Å². The molecule has 4 aromatic carbocycles. The fourth-order valence-corrected chi connectivity index (χ4v) is 11.7. The maximum absolute atomic E-state index is 12.8. The number of rotatable bonds is 6. The molecule has 2 atom stereocenters. The van der Waals surface area contributed by atoms with Crippen molar-refractivity contribution in [1.82, 2.24) is 9.55 Å². The van der Waals surface area contributed by atoms with Crippen molar-refractivity contribution in [3.8, 4) is 11.5 Å². The molecular formula is C38H32ClN3O2P+. The summed E-state index contributed by atoms with van der Waals surface area (Å²) in [6.07, 6.45) is 1.05. The fraction of sp³-hybridized carbons (Fsp3) is 0.158. The minimum absolute atomic E-state index is 0.0826. The number of oxazole rings is 1. The third kappa shape index (κ3) is 4.74. The molecule has 0 radical (unpaired) electrons. The lowest BCUT2D eigenvalue weighted by Crippen LogP contribution is -2.49. The van der Waals surface area contributed by atoms with Gasteiger partial charge in [0.1, 0.15) is 15.9 Å². The van der Waals surface area contributed by atoms with Crippen LogP contribution in [0.25, 0.3) is 11.5 Å². The third-order valence-corrected chi connectivity index (χ3v) is 13.7. The summed E-state index contributed by atoms with van der Waals surface area (Å²) in [5, 5.41) is 4.22. The largest absolute Gasteiger partial charge is 0.416 e. The molecule has 45 heavy (non-hydrogen) atoms. The van der Waals surface area contributed by atoms with Crippen LogP contribution in [0.15, 0.2) is 143 Å². The summed E-state index contributed by atoms with van der Waals surface area (Å²) in [5.74, 6) is 1.84. The average Bonchev–Trinajstić information content (AvgIpc) is 3.53. The molecule has 5 nitrogen and oxygen atoms in total. The van der Waals surface area contributed by atoms with Crippen molar-refractivity contribution >= 4 is 46.1 Å². The van der Waals surface area contributed by atoms with Crippen LogP contribution in [-0.2, 0) is 6.54 Å². The molecule has 0 unspecified atom stereocenters. The van der Waals surface area contributed by atoms with E-state index in [-0.39, 0.29) is 11.5 Å². The molecule has 2 aliphatic heterocycles. The van der Waals surface area contributed by atoms with Gasteiger partial charge in [-0.15, -0.1) is 0 Å². The predicted octanol–water partition coefficient (Wildman–Crippen LogP) is 6.40. The van der Waals surface area contributed by atoms with Crippen LogP contribution in [-0.4, -0.2) is 22.6 Å². The van der Waals surface area contributed by atoms with Crippen molar-refractivity contribution in [1.29, 1.82) is 0 Å². The van der Waals surface area contributed by atoms with Crippen LogP contribution in [0.3, 0.4) is 0 Å². The number of hydrogen-bond donors (Lipinski definition) is 0. The molecule has 4 heterocycles. The van der Waals surface area contributed by atoms with Gasteiger partial charge in [-0.1, -0.05) is 84.4 Å². The SMILES string of the molecule is O=c1cccc2n1C[C@H]1C[C@H]2CN(c2oc(-c3ccccc3Cl)nc2[P+](c2ccccc2)(c2ccccc2)c2ccccc2)C1. The zero-order chi connectivity index (χ0) is 30.4. The van der Waals surface area contributed by atoms with Gasteiger partial charge in [-0.25, -0.2) is 0 Å². The van der Waals surface area contributed by atoms with Gasteiger partial charge >= 0.3 is 0 Å². The van der Waals surface area contributed by atoms with Crippen LogP contribution in [0.2, 0.25) is 5.02 Å². The Bertz CT molecular complexity index is 1930. The highest BCUT2D eigenvalue weighted by Gasteiger charge is 2.54. The van der Waals surface area contributed by atoms with E-state index >= 15 is 0 Å². The molecule has 7 heteroatoms. The second kappa shape index (κ2) is 11.5. The van der Waals surface area contributed by atoms with E-state index in [0.29, 0.717) is 23.4 Å². The van der Waals surface area contributed by atoms with Crippen LogP contribution in [0.4, 0.5) is 5.88 Å². The molecule has 0 aliphatic carbocycles. The van der Waals surface area contributed by atoms with Crippen LogP contribution in [0, 0.1) is 5.92 Å². The Morgan fingerprint density at radius 2 is 1.29 bits per heavy atom. The van der Waals surface area contributed by atoms with Gasteiger partial charge in [-0.2, -0.15) is 4.98 Å². The summed E-state index contributed by atoms with van der Waals surface area (Å²) in [4.78, 5) is 20.7. The molecule has 0 saturated carbocycles. The molecule has 1 saturated heterocycles.